The summed E-state index contributed by atoms with van der Waals surface area (Å²) < 4.78 is 0. The number of nitrogens with zero attached hydrogens (tertiary/aromatic N) is 2. The molecule has 4 nitrogen and oxygen atoms in total. The van der Waals surface area contributed by atoms with Gasteiger partial charge in [-0.25, -0.2) is 0 Å². The quantitative estimate of drug-likeness (QED) is 0.925. The lowest BCUT2D eigenvalue weighted by atomic mass is 10.0. The van der Waals surface area contributed by atoms with Crippen LogP contribution in [0.2, 0.25) is 0 Å². The third-order valence-electron chi connectivity index (χ3n) is 3.94. The molecule has 1 aromatic rings. The normalized spacial score (nSPS) is 23.5. The fraction of sp³-hybridized carbons (Fsp3) is 0.571. The Morgan fingerprint density at radius 1 is 1.42 bits per heavy atom. The third kappa shape index (κ3) is 3.67. The summed E-state index contributed by atoms with van der Waals surface area (Å²) in [5.74, 6) is 0.321. The van der Waals surface area contributed by atoms with Gasteiger partial charge in [0.25, 0.3) is 0 Å². The van der Waals surface area contributed by atoms with Crippen molar-refractivity contribution in [1.82, 2.24) is 9.88 Å². The number of pyridine rings is 1. The van der Waals surface area contributed by atoms with Gasteiger partial charge in [-0.2, -0.15) is 0 Å². The average molecular weight is 284 g/mol. The van der Waals surface area contributed by atoms with E-state index in [9.17, 15) is 4.79 Å². The zero-order valence-corrected chi connectivity index (χ0v) is 12.3. The lowest BCUT2D eigenvalue weighted by Gasteiger charge is -2.27. The molecule has 2 rings (SSSR count). The molecule has 19 heavy (non-hydrogen) atoms. The first-order chi connectivity index (χ1) is 8.59. The van der Waals surface area contributed by atoms with Crippen LogP contribution in [-0.4, -0.2) is 28.9 Å². The number of nitrogens with two attached hydrogens (primary N) is 1. The highest BCUT2D eigenvalue weighted by atomic mass is 35.5. The van der Waals surface area contributed by atoms with Crippen molar-refractivity contribution in [3.8, 4) is 0 Å². The van der Waals surface area contributed by atoms with Crippen LogP contribution < -0.4 is 5.73 Å². The van der Waals surface area contributed by atoms with Crippen molar-refractivity contribution >= 4 is 18.3 Å². The molecule has 3 unspecified atom stereocenters. The van der Waals surface area contributed by atoms with Crippen molar-refractivity contribution in [2.24, 2.45) is 11.7 Å². The van der Waals surface area contributed by atoms with Gasteiger partial charge in [0.15, 0.2) is 0 Å². The highest BCUT2D eigenvalue weighted by Gasteiger charge is 2.31. The molecule has 0 aliphatic heterocycles. The summed E-state index contributed by atoms with van der Waals surface area (Å²) in [5, 5.41) is 0. The number of hydrogen-bond donors (Lipinski definition) is 1. The fourth-order valence-corrected chi connectivity index (χ4v) is 2.59. The molecule has 1 aliphatic carbocycles. The van der Waals surface area contributed by atoms with E-state index in [0.717, 1.165) is 24.8 Å². The summed E-state index contributed by atoms with van der Waals surface area (Å²) in [6.07, 6.45) is 6.23. The van der Waals surface area contributed by atoms with Crippen LogP contribution >= 0.6 is 12.4 Å². The van der Waals surface area contributed by atoms with Gasteiger partial charge in [0.1, 0.15) is 0 Å². The number of aromatic nitrogens is 1. The number of carbonyl (C=O) groups is 1. The van der Waals surface area contributed by atoms with E-state index in [2.05, 4.69) is 4.98 Å². The first kappa shape index (κ1) is 15.9. The second kappa shape index (κ2) is 6.87. The van der Waals surface area contributed by atoms with Gasteiger partial charge in [-0.3, -0.25) is 9.78 Å². The van der Waals surface area contributed by atoms with Crippen molar-refractivity contribution in [1.29, 1.82) is 0 Å². The minimum Gasteiger partial charge on any atom is -0.339 e. The molecule has 106 valence electrons. The van der Waals surface area contributed by atoms with Crippen molar-refractivity contribution in [2.75, 3.05) is 7.05 Å². The summed E-state index contributed by atoms with van der Waals surface area (Å²) in [7, 11) is 1.87. The van der Waals surface area contributed by atoms with E-state index in [4.69, 9.17) is 5.73 Å². The molecule has 0 aromatic carbocycles. The van der Waals surface area contributed by atoms with Gasteiger partial charge in [0, 0.05) is 31.4 Å². The molecule has 1 fully saturated rings. The third-order valence-corrected chi connectivity index (χ3v) is 3.94. The van der Waals surface area contributed by atoms with E-state index in [0.29, 0.717) is 0 Å². The highest BCUT2D eigenvalue weighted by molar-refractivity contribution is 5.85. The molecule has 1 heterocycles. The maximum atomic E-state index is 12.4. The summed E-state index contributed by atoms with van der Waals surface area (Å²) in [5.41, 5.74) is 6.99. The van der Waals surface area contributed by atoms with Crippen LogP contribution in [0.15, 0.2) is 24.5 Å². The Morgan fingerprint density at radius 2 is 2.05 bits per heavy atom. The molecule has 0 saturated heterocycles. The van der Waals surface area contributed by atoms with Gasteiger partial charge < -0.3 is 10.6 Å². The summed E-state index contributed by atoms with van der Waals surface area (Å²) in [6.45, 7) is 2.04. The second-order valence-corrected chi connectivity index (χ2v) is 5.18. The van der Waals surface area contributed by atoms with Gasteiger partial charge >= 0.3 is 0 Å². The maximum Gasteiger partial charge on any atom is 0.225 e. The van der Waals surface area contributed by atoms with Crippen LogP contribution in [0.4, 0.5) is 0 Å². The zero-order valence-electron chi connectivity index (χ0n) is 11.5. The molecule has 1 aromatic heterocycles. The second-order valence-electron chi connectivity index (χ2n) is 5.18. The van der Waals surface area contributed by atoms with E-state index in [1.165, 1.54) is 0 Å². The summed E-state index contributed by atoms with van der Waals surface area (Å²) in [6, 6.07) is 4.19. The van der Waals surface area contributed by atoms with E-state index in [1.807, 2.05) is 31.0 Å². The first-order valence-corrected chi connectivity index (χ1v) is 6.51. The van der Waals surface area contributed by atoms with Gasteiger partial charge in [-0.15, -0.1) is 12.4 Å². The van der Waals surface area contributed by atoms with E-state index in [-0.39, 0.29) is 36.3 Å². The number of hydrogen-bond acceptors (Lipinski definition) is 3. The number of rotatable bonds is 3. The standard InChI is InChI=1S/C14H21N3O.ClH/c1-10(11-5-7-16-8-6-11)17(2)14(18)12-3-4-13(15)9-12;/h5-8,10,12-13H,3-4,9,15H2,1-2H3;1H. The number of amides is 1. The molecule has 0 bridgehead atoms. The molecule has 0 radical (unpaired) electrons. The Hall–Kier alpha value is -1.13. The fourth-order valence-electron chi connectivity index (χ4n) is 2.59. The molecule has 1 amide bonds. The lowest BCUT2D eigenvalue weighted by molar-refractivity contribution is -0.136. The van der Waals surface area contributed by atoms with Crippen LogP contribution in [0, 0.1) is 5.92 Å². The highest BCUT2D eigenvalue weighted by Crippen LogP contribution is 2.28. The first-order valence-electron chi connectivity index (χ1n) is 6.51. The van der Waals surface area contributed by atoms with Crippen LogP contribution in [0.25, 0.3) is 0 Å². The minimum atomic E-state index is 0. The molecule has 3 atom stereocenters. The molecular weight excluding hydrogens is 262 g/mol. The topological polar surface area (TPSA) is 59.2 Å². The van der Waals surface area contributed by atoms with Crippen molar-refractivity contribution < 1.29 is 4.79 Å². The molecule has 1 aliphatic rings. The predicted octanol–water partition coefficient (Wildman–Crippen LogP) is 2.15. The predicted molar refractivity (Wildman–Crippen MR) is 78.0 cm³/mol. The van der Waals surface area contributed by atoms with Crippen molar-refractivity contribution in [3.05, 3.63) is 30.1 Å². The largest absolute Gasteiger partial charge is 0.339 e. The van der Waals surface area contributed by atoms with E-state index < -0.39 is 0 Å². The Bertz CT molecular complexity index is 412. The van der Waals surface area contributed by atoms with Gasteiger partial charge in [0.05, 0.1) is 6.04 Å². The molecule has 0 spiro atoms. The van der Waals surface area contributed by atoms with Crippen molar-refractivity contribution in [2.45, 2.75) is 38.3 Å². The minimum absolute atomic E-state index is 0. The SMILES string of the molecule is CC(c1ccncc1)N(C)C(=O)C1CCC(N)C1.Cl. The smallest absolute Gasteiger partial charge is 0.225 e. The number of carbonyl (C=O) groups excluding carboxylic acids is 1. The zero-order chi connectivity index (χ0) is 13.1. The van der Waals surface area contributed by atoms with Crippen LogP contribution in [0.5, 0.6) is 0 Å². The van der Waals surface area contributed by atoms with Crippen LogP contribution in [0.3, 0.4) is 0 Å². The Kier molecular flexibility index (Phi) is 5.76. The van der Waals surface area contributed by atoms with Gasteiger partial charge in [0.2, 0.25) is 5.91 Å². The van der Waals surface area contributed by atoms with E-state index >= 15 is 0 Å². The number of halogens is 1. The molecule has 5 heteroatoms. The lowest BCUT2D eigenvalue weighted by Crippen LogP contribution is -2.34. The summed E-state index contributed by atoms with van der Waals surface area (Å²) >= 11 is 0. The Balaban J connectivity index is 0.00000180. The molecular formula is C14H22ClN3O. The Morgan fingerprint density at radius 3 is 2.58 bits per heavy atom. The average Bonchev–Trinajstić information content (AvgIpc) is 2.84. The molecule has 1 saturated carbocycles. The van der Waals surface area contributed by atoms with E-state index in [1.54, 1.807) is 12.4 Å². The maximum absolute atomic E-state index is 12.4. The van der Waals surface area contributed by atoms with Crippen LogP contribution in [0.1, 0.15) is 37.8 Å². The van der Waals surface area contributed by atoms with Gasteiger partial charge in [-0.05, 0) is 43.9 Å². The van der Waals surface area contributed by atoms with Crippen molar-refractivity contribution in [3.63, 3.8) is 0 Å². The monoisotopic (exact) mass is 283 g/mol. The Labute approximate surface area is 120 Å². The molecule has 2 N–H and O–H groups in total. The summed E-state index contributed by atoms with van der Waals surface area (Å²) in [4.78, 5) is 18.2. The van der Waals surface area contributed by atoms with Crippen LogP contribution in [-0.2, 0) is 4.79 Å². The van der Waals surface area contributed by atoms with Gasteiger partial charge in [-0.1, -0.05) is 0 Å².